The summed E-state index contributed by atoms with van der Waals surface area (Å²) in [6.07, 6.45) is 1.84. The lowest BCUT2D eigenvalue weighted by Gasteiger charge is -2.23. The van der Waals surface area contributed by atoms with Crippen LogP contribution in [0.3, 0.4) is 0 Å². The van der Waals surface area contributed by atoms with E-state index in [-0.39, 0.29) is 11.8 Å². The van der Waals surface area contributed by atoms with Crippen LogP contribution < -0.4 is 0 Å². The van der Waals surface area contributed by atoms with Crippen molar-refractivity contribution in [3.8, 4) is 0 Å². The number of rotatable bonds is 9. The fourth-order valence-corrected chi connectivity index (χ4v) is 3.14. The molecule has 0 fully saturated rings. The van der Waals surface area contributed by atoms with E-state index >= 15 is 0 Å². The van der Waals surface area contributed by atoms with E-state index in [2.05, 4.69) is 13.8 Å². The summed E-state index contributed by atoms with van der Waals surface area (Å²) in [4.78, 5) is 29.5. The predicted octanol–water partition coefficient (Wildman–Crippen LogP) is 4.61. The van der Waals surface area contributed by atoms with Gasteiger partial charge in [0.25, 0.3) is 11.8 Å². The highest BCUT2D eigenvalue weighted by Crippen LogP contribution is 2.14. The maximum absolute atomic E-state index is 13.0. The average Bonchev–Trinajstić information content (AvgIpc) is 2.71. The molecule has 27 heavy (non-hydrogen) atoms. The van der Waals surface area contributed by atoms with Crippen molar-refractivity contribution in [3.05, 3.63) is 71.3 Å². The molecule has 0 saturated heterocycles. The molecule has 0 aromatic heterocycles. The van der Waals surface area contributed by atoms with E-state index in [4.69, 9.17) is 0 Å². The normalized spacial score (nSPS) is 10.5. The summed E-state index contributed by atoms with van der Waals surface area (Å²) in [5, 5.41) is 0. The number of hydrogen-bond donors (Lipinski definition) is 0. The molecule has 0 bridgehead atoms. The van der Waals surface area contributed by atoms with Crippen LogP contribution in [0.2, 0.25) is 0 Å². The average molecular weight is 367 g/mol. The molecule has 4 nitrogen and oxygen atoms in total. The molecule has 0 aliphatic rings. The minimum Gasteiger partial charge on any atom is -0.339 e. The summed E-state index contributed by atoms with van der Waals surface area (Å²) < 4.78 is 0. The maximum Gasteiger partial charge on any atom is 0.254 e. The zero-order chi connectivity index (χ0) is 19.6. The first kappa shape index (κ1) is 20.7. The Balaban J connectivity index is 2.19. The molecule has 144 valence electrons. The molecule has 0 aliphatic carbocycles. The Hall–Kier alpha value is -2.62. The predicted molar refractivity (Wildman–Crippen MR) is 110 cm³/mol. The van der Waals surface area contributed by atoms with Gasteiger partial charge in [0, 0.05) is 37.3 Å². The van der Waals surface area contributed by atoms with Crippen molar-refractivity contribution in [3.63, 3.8) is 0 Å². The first-order chi connectivity index (χ1) is 13.1. The molecule has 2 amide bonds. The van der Waals surface area contributed by atoms with E-state index < -0.39 is 0 Å². The first-order valence-electron chi connectivity index (χ1n) is 9.83. The molecule has 0 heterocycles. The second kappa shape index (κ2) is 10.5. The molecule has 0 atom stereocenters. The molecule has 0 N–H and O–H groups in total. The minimum absolute atomic E-state index is 0.000502. The highest BCUT2D eigenvalue weighted by Gasteiger charge is 2.18. The lowest BCUT2D eigenvalue weighted by Crippen LogP contribution is -2.33. The van der Waals surface area contributed by atoms with Crippen molar-refractivity contribution in [1.29, 1.82) is 0 Å². The zero-order valence-electron chi connectivity index (χ0n) is 16.6. The van der Waals surface area contributed by atoms with E-state index in [1.165, 1.54) is 0 Å². The van der Waals surface area contributed by atoms with Gasteiger partial charge in [0.05, 0.1) is 0 Å². The van der Waals surface area contributed by atoms with E-state index in [1.54, 1.807) is 29.2 Å². The lowest BCUT2D eigenvalue weighted by atomic mass is 10.1. The summed E-state index contributed by atoms with van der Waals surface area (Å²) in [7, 11) is 0. The number of hydrogen-bond acceptors (Lipinski definition) is 2. The summed E-state index contributed by atoms with van der Waals surface area (Å²) in [6, 6.07) is 17.1. The van der Waals surface area contributed by atoms with Crippen molar-refractivity contribution in [2.24, 2.45) is 0 Å². The SMILES string of the molecule is CCCN(CCC)C(=O)c1cccc(C(=O)N(CC)Cc2ccccc2)c1. The molecule has 0 aliphatic heterocycles. The van der Waals surface area contributed by atoms with Gasteiger partial charge in [-0.3, -0.25) is 9.59 Å². The van der Waals surface area contributed by atoms with Crippen LogP contribution in [-0.4, -0.2) is 41.2 Å². The number of benzene rings is 2. The van der Waals surface area contributed by atoms with E-state index in [0.29, 0.717) is 24.2 Å². The second-order valence-corrected chi connectivity index (χ2v) is 6.68. The van der Waals surface area contributed by atoms with Gasteiger partial charge in [-0.15, -0.1) is 0 Å². The van der Waals surface area contributed by atoms with Gasteiger partial charge < -0.3 is 9.80 Å². The molecule has 0 saturated carbocycles. The van der Waals surface area contributed by atoms with Crippen LogP contribution in [0.4, 0.5) is 0 Å². The fourth-order valence-electron chi connectivity index (χ4n) is 3.14. The van der Waals surface area contributed by atoms with Gasteiger partial charge in [-0.2, -0.15) is 0 Å². The van der Waals surface area contributed by atoms with Crippen LogP contribution in [-0.2, 0) is 6.54 Å². The van der Waals surface area contributed by atoms with Gasteiger partial charge in [0.2, 0.25) is 0 Å². The third kappa shape index (κ3) is 5.68. The molecule has 2 aromatic carbocycles. The number of amides is 2. The lowest BCUT2D eigenvalue weighted by molar-refractivity contribution is 0.0752. The van der Waals surface area contributed by atoms with Crippen molar-refractivity contribution >= 4 is 11.8 Å². The van der Waals surface area contributed by atoms with Crippen LogP contribution in [0, 0.1) is 0 Å². The Morgan fingerprint density at radius 3 is 1.81 bits per heavy atom. The third-order valence-corrected chi connectivity index (χ3v) is 4.52. The molecular formula is C23H30N2O2. The molecule has 0 radical (unpaired) electrons. The topological polar surface area (TPSA) is 40.6 Å². The monoisotopic (exact) mass is 366 g/mol. The molecule has 2 rings (SSSR count). The van der Waals surface area contributed by atoms with Crippen LogP contribution in [0.5, 0.6) is 0 Å². The Bertz CT molecular complexity index is 737. The quantitative estimate of drug-likeness (QED) is 0.650. The Labute approximate surface area is 162 Å². The zero-order valence-corrected chi connectivity index (χ0v) is 16.6. The Morgan fingerprint density at radius 1 is 0.741 bits per heavy atom. The third-order valence-electron chi connectivity index (χ3n) is 4.52. The molecular weight excluding hydrogens is 336 g/mol. The second-order valence-electron chi connectivity index (χ2n) is 6.68. The number of carbonyl (C=O) groups excluding carboxylic acids is 2. The van der Waals surface area contributed by atoms with Gasteiger partial charge >= 0.3 is 0 Å². The van der Waals surface area contributed by atoms with Crippen LogP contribution in [0.1, 0.15) is 59.9 Å². The Kier molecular flexibility index (Phi) is 8.05. The van der Waals surface area contributed by atoms with Crippen LogP contribution >= 0.6 is 0 Å². The van der Waals surface area contributed by atoms with E-state index in [1.807, 2.05) is 42.2 Å². The summed E-state index contributed by atoms with van der Waals surface area (Å²) in [6.45, 7) is 8.76. The largest absolute Gasteiger partial charge is 0.339 e. The van der Waals surface area contributed by atoms with Gasteiger partial charge in [-0.25, -0.2) is 0 Å². The van der Waals surface area contributed by atoms with E-state index in [0.717, 1.165) is 31.5 Å². The van der Waals surface area contributed by atoms with Gasteiger partial charge in [0.15, 0.2) is 0 Å². The maximum atomic E-state index is 13.0. The summed E-state index contributed by atoms with van der Waals surface area (Å²) in [5.74, 6) is -0.0482. The fraction of sp³-hybridized carbons (Fsp3) is 0.391. The smallest absolute Gasteiger partial charge is 0.254 e. The number of nitrogens with zero attached hydrogens (tertiary/aromatic N) is 2. The Morgan fingerprint density at radius 2 is 1.30 bits per heavy atom. The van der Waals surface area contributed by atoms with Gasteiger partial charge in [-0.05, 0) is 43.5 Å². The highest BCUT2D eigenvalue weighted by molar-refractivity contribution is 5.99. The standard InChI is InChI=1S/C23H30N2O2/c1-4-15-25(16-5-2)23(27)21-14-10-13-20(17-21)22(26)24(6-3)18-19-11-8-7-9-12-19/h7-14,17H,4-6,15-16,18H2,1-3H3. The molecule has 0 spiro atoms. The molecule has 0 unspecified atom stereocenters. The van der Waals surface area contributed by atoms with Crippen molar-refractivity contribution in [2.45, 2.75) is 40.2 Å². The molecule has 4 heteroatoms. The van der Waals surface area contributed by atoms with Crippen LogP contribution in [0.25, 0.3) is 0 Å². The van der Waals surface area contributed by atoms with Gasteiger partial charge in [0.1, 0.15) is 0 Å². The van der Waals surface area contributed by atoms with Crippen molar-refractivity contribution in [2.75, 3.05) is 19.6 Å². The summed E-state index contributed by atoms with van der Waals surface area (Å²) >= 11 is 0. The minimum atomic E-state index is -0.0477. The van der Waals surface area contributed by atoms with Gasteiger partial charge in [-0.1, -0.05) is 50.2 Å². The van der Waals surface area contributed by atoms with Crippen LogP contribution in [0.15, 0.2) is 54.6 Å². The summed E-state index contributed by atoms with van der Waals surface area (Å²) in [5.41, 5.74) is 2.24. The number of carbonyl (C=O) groups is 2. The van der Waals surface area contributed by atoms with Crippen molar-refractivity contribution in [1.82, 2.24) is 9.80 Å². The highest BCUT2D eigenvalue weighted by atomic mass is 16.2. The molecule has 2 aromatic rings. The van der Waals surface area contributed by atoms with Crippen molar-refractivity contribution < 1.29 is 9.59 Å². The van der Waals surface area contributed by atoms with E-state index in [9.17, 15) is 9.59 Å². The first-order valence-corrected chi connectivity index (χ1v) is 9.83.